The van der Waals surface area contributed by atoms with Gasteiger partial charge in [0, 0.05) is 12.6 Å². The third kappa shape index (κ3) is 3.63. The molecule has 3 heterocycles. The molecule has 0 aliphatic carbocycles. The number of nitrogens with zero attached hydrogens (tertiary/aromatic N) is 6. The van der Waals surface area contributed by atoms with Crippen LogP contribution in [0.25, 0.3) is 28.1 Å². The van der Waals surface area contributed by atoms with Crippen molar-refractivity contribution in [3.05, 3.63) is 72.2 Å². The third-order valence-corrected chi connectivity index (χ3v) is 5.38. The fraction of sp³-hybridized carbons (Fsp3) is 0.250. The molecule has 0 saturated carbocycles. The smallest absolute Gasteiger partial charge is 0.182 e. The molecular weight excluding hydrogens is 388 g/mol. The monoisotopic (exact) mass is 412 g/mol. The van der Waals surface area contributed by atoms with Gasteiger partial charge >= 0.3 is 0 Å². The van der Waals surface area contributed by atoms with Gasteiger partial charge in [-0.05, 0) is 34.7 Å². The summed E-state index contributed by atoms with van der Waals surface area (Å²) in [6, 6.07) is 16.4. The molecule has 0 fully saturated rings. The lowest BCUT2D eigenvalue weighted by atomic mass is 9.87. The predicted molar refractivity (Wildman–Crippen MR) is 120 cm³/mol. The van der Waals surface area contributed by atoms with E-state index in [0.717, 1.165) is 33.6 Å². The maximum atomic E-state index is 6.00. The molecule has 0 amide bonds. The Bertz CT molecular complexity index is 1380. The number of fused-ring (bicyclic) bond motifs is 3. The van der Waals surface area contributed by atoms with Crippen molar-refractivity contribution in [2.45, 2.75) is 32.8 Å². The summed E-state index contributed by atoms with van der Waals surface area (Å²) >= 11 is 0. The zero-order valence-electron chi connectivity index (χ0n) is 18.1. The number of hydrogen-bond donors (Lipinski definition) is 0. The van der Waals surface area contributed by atoms with Crippen LogP contribution in [0.4, 0.5) is 0 Å². The molecule has 3 aromatic heterocycles. The van der Waals surface area contributed by atoms with Crippen molar-refractivity contribution in [3.8, 4) is 17.1 Å². The van der Waals surface area contributed by atoms with Gasteiger partial charge in [0.2, 0.25) is 0 Å². The summed E-state index contributed by atoms with van der Waals surface area (Å²) in [5, 5.41) is 9.75. The molecule has 0 atom stereocenters. The molecule has 31 heavy (non-hydrogen) atoms. The highest BCUT2D eigenvalue weighted by molar-refractivity contribution is 5.89. The van der Waals surface area contributed by atoms with E-state index in [1.54, 1.807) is 21.7 Å². The van der Waals surface area contributed by atoms with Crippen LogP contribution in [0.2, 0.25) is 0 Å². The van der Waals surface area contributed by atoms with Crippen molar-refractivity contribution in [2.75, 3.05) is 0 Å². The van der Waals surface area contributed by atoms with Gasteiger partial charge in [0.05, 0.1) is 11.6 Å². The van der Waals surface area contributed by atoms with Crippen LogP contribution in [-0.2, 0) is 19.1 Å². The summed E-state index contributed by atoms with van der Waals surface area (Å²) in [6.07, 6.45) is 3.44. The minimum Gasteiger partial charge on any atom is -0.489 e. The zero-order chi connectivity index (χ0) is 21.6. The minimum atomic E-state index is 0.130. The van der Waals surface area contributed by atoms with Crippen LogP contribution < -0.4 is 4.74 Å². The summed E-state index contributed by atoms with van der Waals surface area (Å²) in [5.41, 5.74) is 4.94. The van der Waals surface area contributed by atoms with E-state index in [1.807, 2.05) is 37.4 Å². The molecule has 0 saturated heterocycles. The lowest BCUT2D eigenvalue weighted by Gasteiger charge is -2.19. The largest absolute Gasteiger partial charge is 0.489 e. The van der Waals surface area contributed by atoms with Crippen LogP contribution in [0, 0.1) is 0 Å². The van der Waals surface area contributed by atoms with Crippen LogP contribution in [-0.4, -0.2) is 29.4 Å². The molecule has 0 radical (unpaired) electrons. The second-order valence-electron chi connectivity index (χ2n) is 8.72. The average molecular weight is 412 g/mol. The first-order valence-corrected chi connectivity index (χ1v) is 10.2. The first-order chi connectivity index (χ1) is 14.9. The van der Waals surface area contributed by atoms with Gasteiger partial charge in [-0.3, -0.25) is 4.68 Å². The summed E-state index contributed by atoms with van der Waals surface area (Å²) in [6.45, 7) is 7.09. The Hall–Kier alpha value is -3.74. The van der Waals surface area contributed by atoms with E-state index in [1.165, 1.54) is 5.56 Å². The first kappa shape index (κ1) is 19.2. The fourth-order valence-corrected chi connectivity index (χ4v) is 3.58. The van der Waals surface area contributed by atoms with Gasteiger partial charge in [0.1, 0.15) is 18.7 Å². The maximum absolute atomic E-state index is 6.00. The van der Waals surface area contributed by atoms with E-state index < -0.39 is 0 Å². The Morgan fingerprint density at radius 3 is 2.58 bits per heavy atom. The number of rotatable bonds is 4. The standard InChI is InChI=1S/C24H24N6O/c1-24(2,3)18-8-10-19(11-9-18)31-14-16-6-5-7-17(12-16)21-27-23-20-13-26-29(4)22(20)25-15-30(23)28-21/h5-13,15H,14H2,1-4H3. The highest BCUT2D eigenvalue weighted by Crippen LogP contribution is 2.25. The summed E-state index contributed by atoms with van der Waals surface area (Å²) in [4.78, 5) is 9.15. The summed E-state index contributed by atoms with van der Waals surface area (Å²) in [5.74, 6) is 1.50. The second kappa shape index (κ2) is 7.19. The van der Waals surface area contributed by atoms with Crippen LogP contribution in [0.5, 0.6) is 5.75 Å². The highest BCUT2D eigenvalue weighted by atomic mass is 16.5. The van der Waals surface area contributed by atoms with Crippen molar-refractivity contribution in [3.63, 3.8) is 0 Å². The van der Waals surface area contributed by atoms with Crippen molar-refractivity contribution in [1.29, 1.82) is 0 Å². The lowest BCUT2D eigenvalue weighted by molar-refractivity contribution is 0.306. The average Bonchev–Trinajstić information content (AvgIpc) is 3.36. The molecular formula is C24H24N6O. The molecule has 0 bridgehead atoms. The molecule has 0 spiro atoms. The van der Waals surface area contributed by atoms with Crippen molar-refractivity contribution in [2.24, 2.45) is 7.05 Å². The van der Waals surface area contributed by atoms with Gasteiger partial charge in [-0.25, -0.2) is 14.5 Å². The molecule has 7 nitrogen and oxygen atoms in total. The number of ether oxygens (including phenoxy) is 1. The van der Waals surface area contributed by atoms with Gasteiger partial charge in [0.15, 0.2) is 17.1 Å². The third-order valence-electron chi connectivity index (χ3n) is 5.38. The number of benzene rings is 2. The Morgan fingerprint density at radius 2 is 1.81 bits per heavy atom. The van der Waals surface area contributed by atoms with Crippen LogP contribution >= 0.6 is 0 Å². The van der Waals surface area contributed by atoms with Crippen molar-refractivity contribution < 1.29 is 4.74 Å². The number of aromatic nitrogens is 6. The van der Waals surface area contributed by atoms with E-state index >= 15 is 0 Å². The van der Waals surface area contributed by atoms with Crippen LogP contribution in [0.1, 0.15) is 31.9 Å². The quantitative estimate of drug-likeness (QED) is 0.433. The Kier molecular flexibility index (Phi) is 4.46. The molecule has 7 heteroatoms. The van der Waals surface area contributed by atoms with E-state index in [9.17, 15) is 0 Å². The van der Waals surface area contributed by atoms with E-state index in [2.05, 4.69) is 54.2 Å². The van der Waals surface area contributed by atoms with Gasteiger partial charge in [-0.15, -0.1) is 5.10 Å². The molecule has 5 rings (SSSR count). The SMILES string of the molecule is Cn1ncc2c1ncn1nc(-c3cccc(COc4ccc(C(C)(C)C)cc4)c3)nc21. The van der Waals surface area contributed by atoms with Gasteiger partial charge in [-0.2, -0.15) is 5.10 Å². The summed E-state index contributed by atoms with van der Waals surface area (Å²) in [7, 11) is 1.86. The number of aryl methyl sites for hydroxylation is 1. The van der Waals surface area contributed by atoms with E-state index in [4.69, 9.17) is 9.72 Å². The highest BCUT2D eigenvalue weighted by Gasteiger charge is 2.14. The fourth-order valence-electron chi connectivity index (χ4n) is 3.58. The van der Waals surface area contributed by atoms with Crippen LogP contribution in [0.15, 0.2) is 61.1 Å². The van der Waals surface area contributed by atoms with E-state index in [-0.39, 0.29) is 5.41 Å². The van der Waals surface area contributed by atoms with Crippen molar-refractivity contribution >= 4 is 16.7 Å². The zero-order valence-corrected chi connectivity index (χ0v) is 18.1. The molecule has 156 valence electrons. The topological polar surface area (TPSA) is 70.1 Å². The van der Waals surface area contributed by atoms with E-state index in [0.29, 0.717) is 12.4 Å². The van der Waals surface area contributed by atoms with Crippen molar-refractivity contribution in [1.82, 2.24) is 29.4 Å². The molecule has 0 unspecified atom stereocenters. The molecule has 0 aliphatic rings. The van der Waals surface area contributed by atoms with Gasteiger partial charge < -0.3 is 4.74 Å². The Morgan fingerprint density at radius 1 is 1.00 bits per heavy atom. The van der Waals surface area contributed by atoms with Gasteiger partial charge in [0.25, 0.3) is 0 Å². The lowest BCUT2D eigenvalue weighted by Crippen LogP contribution is -2.10. The van der Waals surface area contributed by atoms with Gasteiger partial charge in [-0.1, -0.05) is 51.1 Å². The molecule has 0 N–H and O–H groups in total. The van der Waals surface area contributed by atoms with Crippen LogP contribution in [0.3, 0.4) is 0 Å². The molecule has 5 aromatic rings. The second-order valence-corrected chi connectivity index (χ2v) is 8.72. The minimum absolute atomic E-state index is 0.130. The summed E-state index contributed by atoms with van der Waals surface area (Å²) < 4.78 is 9.43. The molecule has 0 aliphatic heterocycles. The maximum Gasteiger partial charge on any atom is 0.182 e. The Balaban J connectivity index is 1.38. The molecule has 2 aromatic carbocycles. The number of hydrogen-bond acceptors (Lipinski definition) is 5. The predicted octanol–water partition coefficient (Wildman–Crippen LogP) is 4.55. The Labute approximate surface area is 180 Å². The normalized spacial score (nSPS) is 12.0. The first-order valence-electron chi connectivity index (χ1n) is 10.2.